The number of halogens is 4. The molecule has 3 nitrogen and oxygen atoms in total. The van der Waals surface area contributed by atoms with Crippen molar-refractivity contribution < 1.29 is 17.9 Å². The Morgan fingerprint density at radius 2 is 2.13 bits per heavy atom. The van der Waals surface area contributed by atoms with E-state index in [1.807, 2.05) is 0 Å². The zero-order chi connectivity index (χ0) is 11.6. The monoisotopic (exact) mass is 280 g/mol. The summed E-state index contributed by atoms with van der Waals surface area (Å²) >= 11 is 2.89. The molecule has 1 rings (SSSR count). The van der Waals surface area contributed by atoms with Gasteiger partial charge in [0.2, 0.25) is 5.88 Å². The van der Waals surface area contributed by atoms with Gasteiger partial charge in [0.25, 0.3) is 0 Å². The van der Waals surface area contributed by atoms with Crippen molar-refractivity contribution in [1.82, 2.24) is 4.98 Å². The zero-order valence-electron chi connectivity index (χ0n) is 7.39. The molecular weight excluding hydrogens is 277 g/mol. The van der Waals surface area contributed by atoms with Crippen LogP contribution in [0.3, 0.4) is 0 Å². The summed E-state index contributed by atoms with van der Waals surface area (Å²) < 4.78 is 39.6. The number of pyridine rings is 1. The van der Waals surface area contributed by atoms with Gasteiger partial charge in [0.05, 0.1) is 11.6 Å². The predicted octanol–water partition coefficient (Wildman–Crippen LogP) is 2.92. The first-order valence-corrected chi connectivity index (χ1v) is 4.46. The highest BCUT2D eigenvalue weighted by atomic mass is 79.9. The van der Waals surface area contributed by atoms with Gasteiger partial charge in [-0.25, -0.2) is 4.98 Å². The van der Waals surface area contributed by atoms with Crippen LogP contribution >= 0.6 is 15.9 Å². The van der Waals surface area contributed by atoms with Gasteiger partial charge < -0.3 is 4.74 Å². The molecule has 0 amide bonds. The molecule has 0 bridgehead atoms. The van der Waals surface area contributed by atoms with E-state index in [0.29, 0.717) is 0 Å². The first-order chi connectivity index (χ1) is 6.83. The summed E-state index contributed by atoms with van der Waals surface area (Å²) in [5.41, 5.74) is 0.133. The maximum atomic E-state index is 11.9. The van der Waals surface area contributed by atoms with Crippen LogP contribution in [-0.2, 0) is 0 Å². The van der Waals surface area contributed by atoms with Gasteiger partial charge in [0, 0.05) is 5.56 Å². The van der Waals surface area contributed by atoms with Crippen LogP contribution in [-0.4, -0.2) is 11.3 Å². The second kappa shape index (κ2) is 4.06. The Bertz CT molecular complexity index is 425. The van der Waals surface area contributed by atoms with Gasteiger partial charge in [0.1, 0.15) is 4.60 Å². The van der Waals surface area contributed by atoms with Gasteiger partial charge in [-0.2, -0.15) is 5.26 Å². The molecule has 1 aromatic rings. The first kappa shape index (κ1) is 11.8. The molecule has 0 saturated carbocycles. The Balaban J connectivity index is 3.20. The van der Waals surface area contributed by atoms with Gasteiger partial charge >= 0.3 is 6.36 Å². The first-order valence-electron chi connectivity index (χ1n) is 3.66. The van der Waals surface area contributed by atoms with Crippen LogP contribution in [0.15, 0.2) is 10.7 Å². The summed E-state index contributed by atoms with van der Waals surface area (Å²) in [5, 5.41) is 8.63. The second-order valence-corrected chi connectivity index (χ2v) is 3.39. The molecule has 0 unspecified atom stereocenters. The minimum Gasteiger partial charge on any atom is -0.388 e. The van der Waals surface area contributed by atoms with E-state index in [1.165, 1.54) is 13.0 Å². The highest BCUT2D eigenvalue weighted by Gasteiger charge is 2.33. The largest absolute Gasteiger partial charge is 0.574 e. The minimum atomic E-state index is -4.81. The van der Waals surface area contributed by atoms with E-state index in [0.717, 1.165) is 0 Å². The van der Waals surface area contributed by atoms with E-state index in [9.17, 15) is 13.2 Å². The molecule has 1 aromatic heterocycles. The Morgan fingerprint density at radius 3 is 2.60 bits per heavy atom. The van der Waals surface area contributed by atoms with E-state index < -0.39 is 12.2 Å². The number of hydrogen-bond donors (Lipinski definition) is 0. The molecule has 1 heterocycles. The topological polar surface area (TPSA) is 45.9 Å². The molecule has 0 N–H and O–H groups in total. The maximum absolute atomic E-state index is 11.9. The lowest BCUT2D eigenvalue weighted by Gasteiger charge is -2.11. The second-order valence-electron chi connectivity index (χ2n) is 2.58. The molecule has 0 aliphatic rings. The van der Waals surface area contributed by atoms with Crippen LogP contribution in [0.2, 0.25) is 0 Å². The van der Waals surface area contributed by atoms with Crippen molar-refractivity contribution in [2.75, 3.05) is 0 Å². The molecular formula is C8H4BrF3N2O. The molecule has 80 valence electrons. The fourth-order valence-corrected chi connectivity index (χ4v) is 1.27. The lowest BCUT2D eigenvalue weighted by atomic mass is 10.2. The standard InChI is InChI=1S/C8H4BrF3N2O/c1-4-5(3-13)2-6(9)14-7(4)15-8(10,11)12/h2H,1H3. The highest BCUT2D eigenvalue weighted by molar-refractivity contribution is 9.10. The van der Waals surface area contributed by atoms with Crippen LogP contribution in [0.1, 0.15) is 11.1 Å². The summed E-state index contributed by atoms with van der Waals surface area (Å²) in [7, 11) is 0. The minimum absolute atomic E-state index is 0.0537. The average molecular weight is 281 g/mol. The van der Waals surface area contributed by atoms with E-state index in [4.69, 9.17) is 5.26 Å². The SMILES string of the molecule is Cc1c(C#N)cc(Br)nc1OC(F)(F)F. The van der Waals surface area contributed by atoms with Crippen molar-refractivity contribution in [3.63, 3.8) is 0 Å². The maximum Gasteiger partial charge on any atom is 0.574 e. The molecule has 0 aliphatic heterocycles. The number of rotatable bonds is 1. The summed E-state index contributed by atoms with van der Waals surface area (Å²) in [6.07, 6.45) is -4.81. The van der Waals surface area contributed by atoms with Crippen LogP contribution in [0.4, 0.5) is 13.2 Å². The Labute approximate surface area is 91.6 Å². The van der Waals surface area contributed by atoms with Crippen LogP contribution in [0, 0.1) is 18.3 Å². The van der Waals surface area contributed by atoms with Crippen molar-refractivity contribution >= 4 is 15.9 Å². The summed E-state index contributed by atoms with van der Waals surface area (Å²) in [5.74, 6) is -0.617. The van der Waals surface area contributed by atoms with Crippen LogP contribution in [0.25, 0.3) is 0 Å². The molecule has 0 atom stereocenters. The Kier molecular flexibility index (Phi) is 3.19. The molecule has 7 heteroatoms. The number of ether oxygens (including phenoxy) is 1. The molecule has 15 heavy (non-hydrogen) atoms. The quantitative estimate of drug-likeness (QED) is 0.743. The highest BCUT2D eigenvalue weighted by Crippen LogP contribution is 2.27. The number of alkyl halides is 3. The van der Waals surface area contributed by atoms with Crippen molar-refractivity contribution in [3.05, 3.63) is 21.8 Å². The van der Waals surface area contributed by atoms with Crippen molar-refractivity contribution in [2.45, 2.75) is 13.3 Å². The molecule has 0 radical (unpaired) electrons. The number of nitriles is 1. The van der Waals surface area contributed by atoms with Gasteiger partial charge in [-0.15, -0.1) is 13.2 Å². The Morgan fingerprint density at radius 1 is 1.53 bits per heavy atom. The summed E-state index contributed by atoms with van der Waals surface area (Å²) in [4.78, 5) is 3.49. The number of aromatic nitrogens is 1. The van der Waals surface area contributed by atoms with Gasteiger partial charge in [0.15, 0.2) is 0 Å². The van der Waals surface area contributed by atoms with Crippen molar-refractivity contribution in [3.8, 4) is 11.9 Å². The van der Waals surface area contributed by atoms with Crippen molar-refractivity contribution in [1.29, 1.82) is 5.26 Å². The third kappa shape index (κ3) is 3.09. The van der Waals surface area contributed by atoms with Crippen LogP contribution in [0.5, 0.6) is 5.88 Å². The Hall–Kier alpha value is -1.29. The van der Waals surface area contributed by atoms with E-state index in [-0.39, 0.29) is 15.7 Å². The van der Waals surface area contributed by atoms with E-state index >= 15 is 0 Å². The van der Waals surface area contributed by atoms with Crippen LogP contribution < -0.4 is 4.74 Å². The van der Waals surface area contributed by atoms with E-state index in [2.05, 4.69) is 25.7 Å². The number of nitrogens with zero attached hydrogens (tertiary/aromatic N) is 2. The van der Waals surface area contributed by atoms with Gasteiger partial charge in [-0.05, 0) is 28.9 Å². The lowest BCUT2D eigenvalue weighted by Crippen LogP contribution is -2.19. The average Bonchev–Trinajstić information content (AvgIpc) is 2.08. The summed E-state index contributed by atoms with van der Waals surface area (Å²) in [6.45, 7) is 1.33. The van der Waals surface area contributed by atoms with Gasteiger partial charge in [-0.1, -0.05) is 0 Å². The molecule has 0 saturated heterocycles. The fourth-order valence-electron chi connectivity index (χ4n) is 0.881. The third-order valence-electron chi connectivity index (χ3n) is 1.53. The third-order valence-corrected chi connectivity index (χ3v) is 1.94. The number of hydrogen-bond acceptors (Lipinski definition) is 3. The van der Waals surface area contributed by atoms with Gasteiger partial charge in [-0.3, -0.25) is 0 Å². The summed E-state index contributed by atoms with van der Waals surface area (Å²) in [6, 6.07) is 3.06. The van der Waals surface area contributed by atoms with E-state index in [1.54, 1.807) is 6.07 Å². The fraction of sp³-hybridized carbons (Fsp3) is 0.250. The molecule has 0 aromatic carbocycles. The zero-order valence-corrected chi connectivity index (χ0v) is 8.98. The molecule has 0 fully saturated rings. The normalized spacial score (nSPS) is 10.9. The predicted molar refractivity (Wildman–Crippen MR) is 48.1 cm³/mol. The smallest absolute Gasteiger partial charge is 0.388 e. The molecule has 0 aliphatic carbocycles. The molecule has 0 spiro atoms. The van der Waals surface area contributed by atoms with Crippen molar-refractivity contribution in [2.24, 2.45) is 0 Å². The lowest BCUT2D eigenvalue weighted by molar-refractivity contribution is -0.276.